The summed E-state index contributed by atoms with van der Waals surface area (Å²) in [4.78, 5) is 40.2. The molecule has 0 aromatic heterocycles. The monoisotopic (exact) mass is 702 g/mol. The minimum Gasteiger partial charge on any atom is -0.481 e. The molecule has 11 heteroatoms. The molecule has 1 N–H and O–H groups in total. The Bertz CT molecular complexity index is 1640. The number of piperidine rings is 1. The third-order valence-corrected chi connectivity index (χ3v) is 8.67. The maximum atomic E-state index is 15.2. The molecule has 0 bridgehead atoms. The Morgan fingerprint density at radius 2 is 1.57 bits per heavy atom. The van der Waals surface area contributed by atoms with Gasteiger partial charge in [-0.1, -0.05) is 72.8 Å². The SMILES string of the molecule is CC(C)(C)OC(=O)N[C@H]1CCCN(C(=O)OCc2ccccc2)[C@H]1COC1CC=C(c2c(F)cccc2OCC(=O)OCc2ccccc2)CC1. The van der Waals surface area contributed by atoms with Crippen molar-refractivity contribution in [3.05, 3.63) is 107 Å². The summed E-state index contributed by atoms with van der Waals surface area (Å²) in [6.45, 7) is 5.90. The van der Waals surface area contributed by atoms with Gasteiger partial charge in [-0.15, -0.1) is 0 Å². The Balaban J connectivity index is 1.21. The van der Waals surface area contributed by atoms with Crippen molar-refractivity contribution in [3.8, 4) is 5.75 Å². The number of rotatable bonds is 12. The summed E-state index contributed by atoms with van der Waals surface area (Å²) in [6.07, 6.45) is 3.59. The van der Waals surface area contributed by atoms with Crippen molar-refractivity contribution >= 4 is 23.7 Å². The van der Waals surface area contributed by atoms with Crippen molar-refractivity contribution in [2.24, 2.45) is 0 Å². The molecule has 3 aromatic rings. The largest absolute Gasteiger partial charge is 0.481 e. The number of ether oxygens (including phenoxy) is 5. The first-order chi connectivity index (χ1) is 24.6. The van der Waals surface area contributed by atoms with Crippen molar-refractivity contribution in [3.63, 3.8) is 0 Å². The Hall–Kier alpha value is -4.90. The minimum absolute atomic E-state index is 0.122. The Labute approximate surface area is 298 Å². The summed E-state index contributed by atoms with van der Waals surface area (Å²) >= 11 is 0. The van der Waals surface area contributed by atoms with Crippen LogP contribution in [0, 0.1) is 5.82 Å². The van der Waals surface area contributed by atoms with E-state index in [1.807, 2.05) is 66.7 Å². The molecule has 3 aromatic carbocycles. The second kappa shape index (κ2) is 17.8. The smallest absolute Gasteiger partial charge is 0.410 e. The summed E-state index contributed by atoms with van der Waals surface area (Å²) in [5.74, 6) is -0.737. The highest BCUT2D eigenvalue weighted by atomic mass is 19.1. The van der Waals surface area contributed by atoms with Crippen LogP contribution in [0.1, 0.15) is 69.6 Å². The number of amides is 2. The number of halogens is 1. The number of carbonyl (C=O) groups is 3. The molecule has 0 radical (unpaired) electrons. The van der Waals surface area contributed by atoms with Crippen LogP contribution in [0.3, 0.4) is 0 Å². The number of carbonyl (C=O) groups excluding carboxylic acids is 3. The van der Waals surface area contributed by atoms with Crippen LogP contribution in [0.25, 0.3) is 5.57 Å². The Morgan fingerprint density at radius 3 is 2.22 bits per heavy atom. The third kappa shape index (κ3) is 11.3. The molecule has 1 aliphatic carbocycles. The van der Waals surface area contributed by atoms with E-state index >= 15 is 4.39 Å². The lowest BCUT2D eigenvalue weighted by atomic mass is 9.91. The van der Waals surface area contributed by atoms with Gasteiger partial charge in [0.15, 0.2) is 6.61 Å². The van der Waals surface area contributed by atoms with Gasteiger partial charge in [0, 0.05) is 6.54 Å². The van der Waals surface area contributed by atoms with Crippen LogP contribution in [-0.4, -0.2) is 66.6 Å². The van der Waals surface area contributed by atoms with Crippen LogP contribution < -0.4 is 10.1 Å². The predicted molar refractivity (Wildman–Crippen MR) is 189 cm³/mol. The second-order valence-corrected chi connectivity index (χ2v) is 13.7. The number of esters is 1. The summed E-state index contributed by atoms with van der Waals surface area (Å²) < 4.78 is 43.8. The Morgan fingerprint density at radius 1 is 0.882 bits per heavy atom. The van der Waals surface area contributed by atoms with Gasteiger partial charge in [0.25, 0.3) is 0 Å². The zero-order chi connectivity index (χ0) is 36.2. The predicted octanol–water partition coefficient (Wildman–Crippen LogP) is 7.59. The molecule has 5 rings (SSSR count). The third-order valence-electron chi connectivity index (χ3n) is 8.67. The fourth-order valence-corrected chi connectivity index (χ4v) is 6.20. The van der Waals surface area contributed by atoms with Gasteiger partial charge < -0.3 is 33.9 Å². The van der Waals surface area contributed by atoms with Gasteiger partial charge in [0.2, 0.25) is 0 Å². The van der Waals surface area contributed by atoms with Crippen LogP contribution in [0.5, 0.6) is 5.75 Å². The first-order valence-electron chi connectivity index (χ1n) is 17.4. The average Bonchev–Trinajstić information content (AvgIpc) is 3.12. The van der Waals surface area contributed by atoms with Crippen molar-refractivity contribution in [2.75, 3.05) is 19.8 Å². The fraction of sp³-hybridized carbons (Fsp3) is 0.425. The van der Waals surface area contributed by atoms with Gasteiger partial charge in [0.05, 0.1) is 30.4 Å². The fourth-order valence-electron chi connectivity index (χ4n) is 6.20. The molecule has 2 aliphatic rings. The molecule has 1 aliphatic heterocycles. The summed E-state index contributed by atoms with van der Waals surface area (Å²) in [7, 11) is 0. The molecule has 1 fully saturated rings. The molecular weight excluding hydrogens is 655 g/mol. The lowest BCUT2D eigenvalue weighted by Crippen LogP contribution is -2.59. The van der Waals surface area contributed by atoms with E-state index < -0.39 is 41.7 Å². The van der Waals surface area contributed by atoms with Gasteiger partial charge in [-0.05, 0) is 81.7 Å². The first-order valence-corrected chi connectivity index (χ1v) is 17.4. The molecular formula is C40H47FN2O8. The van der Waals surface area contributed by atoms with Crippen molar-refractivity contribution < 1.29 is 42.5 Å². The minimum atomic E-state index is -0.681. The lowest BCUT2D eigenvalue weighted by molar-refractivity contribution is -0.147. The van der Waals surface area contributed by atoms with E-state index in [0.717, 1.165) is 16.7 Å². The average molecular weight is 703 g/mol. The van der Waals surface area contributed by atoms with Crippen LogP contribution in [-0.2, 0) is 37.0 Å². The summed E-state index contributed by atoms with van der Waals surface area (Å²) in [5.41, 5.74) is 2.12. The van der Waals surface area contributed by atoms with E-state index in [1.54, 1.807) is 37.8 Å². The molecule has 10 nitrogen and oxygen atoms in total. The molecule has 3 atom stereocenters. The maximum absolute atomic E-state index is 15.2. The van der Waals surface area contributed by atoms with Crippen molar-refractivity contribution in [1.82, 2.24) is 10.2 Å². The molecule has 0 saturated carbocycles. The van der Waals surface area contributed by atoms with E-state index in [-0.39, 0.29) is 38.3 Å². The number of likely N-dealkylation sites (tertiary alicyclic amines) is 1. The Kier molecular flexibility index (Phi) is 13.1. The van der Waals surface area contributed by atoms with Gasteiger partial charge in [-0.2, -0.15) is 0 Å². The molecule has 1 saturated heterocycles. The highest BCUT2D eigenvalue weighted by Crippen LogP contribution is 2.36. The van der Waals surface area contributed by atoms with Crippen LogP contribution >= 0.6 is 0 Å². The standard InChI is InChI=1S/C40H47FN2O8/c1-40(2,3)51-38(45)42-33-17-11-23-43(39(46)50-25-29-14-8-5-9-15-29)34(33)26-47-31-21-19-30(20-22-31)37-32(41)16-10-18-35(37)48-27-36(44)49-24-28-12-6-4-7-13-28/h4-10,12-16,18-19,31,33-34H,11,17,20-27H2,1-3H3,(H,42,45)/t31?,33-,34-/m0/s1. The van der Waals surface area contributed by atoms with Gasteiger partial charge in [-0.3, -0.25) is 0 Å². The van der Waals surface area contributed by atoms with Crippen LogP contribution in [0.4, 0.5) is 14.0 Å². The second-order valence-electron chi connectivity index (χ2n) is 13.7. The number of nitrogens with zero attached hydrogens (tertiary/aromatic N) is 1. The number of benzene rings is 3. The molecule has 1 unspecified atom stereocenters. The van der Waals surface area contributed by atoms with E-state index in [9.17, 15) is 14.4 Å². The number of alkyl carbamates (subject to hydrolysis) is 1. The van der Waals surface area contributed by atoms with E-state index in [1.165, 1.54) is 6.07 Å². The highest BCUT2D eigenvalue weighted by molar-refractivity contribution is 5.74. The normalized spacial score (nSPS) is 19.0. The topological polar surface area (TPSA) is 113 Å². The number of nitrogens with one attached hydrogen (secondary N) is 1. The molecule has 51 heavy (non-hydrogen) atoms. The van der Waals surface area contributed by atoms with Crippen molar-refractivity contribution in [1.29, 1.82) is 0 Å². The maximum Gasteiger partial charge on any atom is 0.410 e. The zero-order valence-electron chi connectivity index (χ0n) is 29.5. The highest BCUT2D eigenvalue weighted by Gasteiger charge is 2.38. The zero-order valence-corrected chi connectivity index (χ0v) is 29.5. The summed E-state index contributed by atoms with van der Waals surface area (Å²) in [6, 6.07) is 22.4. The molecule has 0 spiro atoms. The van der Waals surface area contributed by atoms with Gasteiger partial charge in [0.1, 0.15) is 30.4 Å². The van der Waals surface area contributed by atoms with Crippen LogP contribution in [0.2, 0.25) is 0 Å². The lowest BCUT2D eigenvalue weighted by Gasteiger charge is -2.41. The number of allylic oxidation sites excluding steroid dienone is 1. The van der Waals surface area contributed by atoms with Gasteiger partial charge >= 0.3 is 18.2 Å². The number of hydrogen-bond acceptors (Lipinski definition) is 8. The van der Waals surface area contributed by atoms with E-state index in [0.29, 0.717) is 44.2 Å². The van der Waals surface area contributed by atoms with Crippen LogP contribution in [0.15, 0.2) is 84.9 Å². The molecule has 2 amide bonds. The van der Waals surface area contributed by atoms with Crippen molar-refractivity contribution in [2.45, 2.75) is 89.9 Å². The van der Waals surface area contributed by atoms with E-state index in [2.05, 4.69) is 5.32 Å². The molecule has 1 heterocycles. The number of hydrogen-bond donors (Lipinski definition) is 1. The van der Waals surface area contributed by atoms with E-state index in [4.69, 9.17) is 23.7 Å². The first kappa shape index (κ1) is 37.4. The molecule has 272 valence electrons. The van der Waals surface area contributed by atoms with Gasteiger partial charge in [-0.25, -0.2) is 18.8 Å². The summed E-state index contributed by atoms with van der Waals surface area (Å²) in [5, 5.41) is 2.96. The quantitative estimate of drug-likeness (QED) is 0.152.